The summed E-state index contributed by atoms with van der Waals surface area (Å²) in [6.45, 7) is 1.38. The minimum Gasteiger partial charge on any atom is -0.497 e. The van der Waals surface area contributed by atoms with Crippen molar-refractivity contribution in [1.29, 1.82) is 0 Å². The van der Waals surface area contributed by atoms with Gasteiger partial charge in [-0.3, -0.25) is 4.79 Å². The first kappa shape index (κ1) is 21.5. The predicted octanol–water partition coefficient (Wildman–Crippen LogP) is 5.58. The van der Waals surface area contributed by atoms with E-state index in [1.165, 1.54) is 22.5 Å². The van der Waals surface area contributed by atoms with Gasteiger partial charge in [-0.25, -0.2) is 4.98 Å². The Morgan fingerprint density at radius 3 is 2.45 bits per heavy atom. The smallest absolute Gasteiger partial charge is 0.274 e. The van der Waals surface area contributed by atoms with Crippen LogP contribution >= 0.6 is 11.3 Å². The van der Waals surface area contributed by atoms with Crippen LogP contribution < -0.4 is 9.47 Å². The monoisotopic (exact) mass is 458 g/mol. The number of hydrogen-bond acceptors (Lipinski definition) is 5. The molecule has 4 aromatic rings. The lowest BCUT2D eigenvalue weighted by molar-refractivity contribution is 0.0595. The number of fused-ring (bicyclic) bond motifs is 1. The molecule has 0 unspecified atom stereocenters. The number of thiazole rings is 1. The van der Waals surface area contributed by atoms with E-state index in [2.05, 4.69) is 41.4 Å². The van der Waals surface area contributed by atoms with Crippen molar-refractivity contribution in [2.24, 2.45) is 0 Å². The Balaban J connectivity index is 1.15. The number of aromatic nitrogens is 1. The van der Waals surface area contributed by atoms with Crippen LogP contribution in [-0.4, -0.2) is 42.1 Å². The van der Waals surface area contributed by atoms with Gasteiger partial charge < -0.3 is 14.4 Å². The fourth-order valence-corrected chi connectivity index (χ4v) is 5.07. The third-order valence-corrected chi connectivity index (χ3v) is 6.93. The van der Waals surface area contributed by atoms with E-state index in [0.29, 0.717) is 18.3 Å². The Morgan fingerprint density at radius 1 is 1.00 bits per heavy atom. The summed E-state index contributed by atoms with van der Waals surface area (Å²) in [5, 5.41) is 0.678. The van der Waals surface area contributed by atoms with Crippen LogP contribution in [0.2, 0.25) is 0 Å². The second-order valence-electron chi connectivity index (χ2n) is 8.28. The maximum atomic E-state index is 13.0. The molecule has 3 aromatic carbocycles. The molecule has 1 aliphatic rings. The number of rotatable bonds is 6. The lowest BCUT2D eigenvalue weighted by Gasteiger charge is -2.31. The first-order valence-electron chi connectivity index (χ1n) is 11.2. The summed E-state index contributed by atoms with van der Waals surface area (Å²) in [6.07, 6.45) is 2.55. The Hall–Kier alpha value is -3.38. The van der Waals surface area contributed by atoms with E-state index in [0.717, 1.165) is 40.8 Å². The minimum absolute atomic E-state index is 0.0738. The number of likely N-dealkylation sites (tertiary alicyclic amines) is 1. The van der Waals surface area contributed by atoms with Gasteiger partial charge in [-0.1, -0.05) is 53.8 Å². The largest absolute Gasteiger partial charge is 0.497 e. The van der Waals surface area contributed by atoms with Crippen LogP contribution in [0.15, 0.2) is 72.8 Å². The van der Waals surface area contributed by atoms with Crippen molar-refractivity contribution in [2.75, 3.05) is 20.2 Å². The van der Waals surface area contributed by atoms with Crippen molar-refractivity contribution in [3.8, 4) is 10.9 Å². The minimum atomic E-state index is 0.0738. The highest BCUT2D eigenvalue weighted by Crippen LogP contribution is 2.32. The molecule has 5 rings (SSSR count). The molecular formula is C27H26N2O3S. The number of ether oxygens (including phenoxy) is 2. The van der Waals surface area contributed by atoms with Gasteiger partial charge in [-0.15, -0.1) is 0 Å². The number of carbonyl (C=O) groups is 1. The number of amides is 1. The van der Waals surface area contributed by atoms with Gasteiger partial charge in [0, 0.05) is 31.5 Å². The van der Waals surface area contributed by atoms with E-state index in [9.17, 15) is 4.79 Å². The van der Waals surface area contributed by atoms with Gasteiger partial charge in [0.25, 0.3) is 11.1 Å². The van der Waals surface area contributed by atoms with Crippen molar-refractivity contribution >= 4 is 27.5 Å². The standard InChI is InChI=1S/C27H26N2O3S/c1-31-23-11-12-24-25(18-23)33-27(28-24)32-22-13-15-29(16-14-22)26(30)21-9-7-20(8-10-21)17-19-5-3-2-4-6-19/h2-12,18,22H,13-17H2,1H3. The van der Waals surface area contributed by atoms with Crippen LogP contribution in [0, 0.1) is 0 Å². The molecule has 1 aromatic heterocycles. The van der Waals surface area contributed by atoms with Gasteiger partial charge in [0.2, 0.25) is 0 Å². The van der Waals surface area contributed by atoms with Crippen molar-refractivity contribution < 1.29 is 14.3 Å². The number of benzene rings is 3. The number of methoxy groups -OCH3 is 1. The number of carbonyl (C=O) groups excluding carboxylic acids is 1. The second-order valence-corrected chi connectivity index (χ2v) is 9.28. The van der Waals surface area contributed by atoms with Crippen LogP contribution in [-0.2, 0) is 6.42 Å². The topological polar surface area (TPSA) is 51.7 Å². The van der Waals surface area contributed by atoms with Crippen molar-refractivity contribution in [2.45, 2.75) is 25.4 Å². The van der Waals surface area contributed by atoms with Gasteiger partial charge in [-0.05, 0) is 47.9 Å². The zero-order valence-corrected chi connectivity index (χ0v) is 19.4. The molecule has 0 atom stereocenters. The van der Waals surface area contributed by atoms with Gasteiger partial charge in [-0.2, -0.15) is 0 Å². The first-order chi connectivity index (χ1) is 16.2. The third-order valence-electron chi connectivity index (χ3n) is 6.02. The second kappa shape index (κ2) is 9.63. The van der Waals surface area contributed by atoms with Crippen LogP contribution in [0.5, 0.6) is 10.9 Å². The van der Waals surface area contributed by atoms with Gasteiger partial charge in [0.15, 0.2) is 0 Å². The summed E-state index contributed by atoms with van der Waals surface area (Å²) in [7, 11) is 1.66. The summed E-state index contributed by atoms with van der Waals surface area (Å²) in [4.78, 5) is 19.5. The van der Waals surface area contributed by atoms with Crippen molar-refractivity contribution in [1.82, 2.24) is 9.88 Å². The number of hydrogen-bond donors (Lipinski definition) is 0. The van der Waals surface area contributed by atoms with E-state index in [1.807, 2.05) is 41.3 Å². The molecule has 5 nitrogen and oxygen atoms in total. The van der Waals surface area contributed by atoms with E-state index in [-0.39, 0.29) is 12.0 Å². The zero-order valence-electron chi connectivity index (χ0n) is 18.6. The summed E-state index contributed by atoms with van der Waals surface area (Å²) in [5.41, 5.74) is 4.13. The lowest BCUT2D eigenvalue weighted by Crippen LogP contribution is -2.41. The first-order valence-corrected chi connectivity index (χ1v) is 12.0. The summed E-state index contributed by atoms with van der Waals surface area (Å²) >= 11 is 1.53. The van der Waals surface area contributed by atoms with E-state index in [1.54, 1.807) is 7.11 Å². The lowest BCUT2D eigenvalue weighted by atomic mass is 10.0. The molecule has 0 bridgehead atoms. The maximum Gasteiger partial charge on any atom is 0.274 e. The molecule has 0 N–H and O–H groups in total. The molecule has 0 aliphatic carbocycles. The summed E-state index contributed by atoms with van der Waals surface area (Å²) in [6, 6.07) is 24.2. The molecule has 0 radical (unpaired) electrons. The normalized spacial score (nSPS) is 14.4. The van der Waals surface area contributed by atoms with Gasteiger partial charge in [0.1, 0.15) is 11.9 Å². The molecule has 168 valence electrons. The SMILES string of the molecule is COc1ccc2nc(OC3CCN(C(=O)c4ccc(Cc5ccccc5)cc4)CC3)sc2c1. The highest BCUT2D eigenvalue weighted by Gasteiger charge is 2.25. The van der Waals surface area contributed by atoms with Crippen LogP contribution in [0.4, 0.5) is 0 Å². The summed E-state index contributed by atoms with van der Waals surface area (Å²) < 4.78 is 12.5. The average Bonchev–Trinajstić information content (AvgIpc) is 3.26. The van der Waals surface area contributed by atoms with E-state index in [4.69, 9.17) is 9.47 Å². The molecular weight excluding hydrogens is 432 g/mol. The van der Waals surface area contributed by atoms with Gasteiger partial charge in [0.05, 0.1) is 17.3 Å². The highest BCUT2D eigenvalue weighted by molar-refractivity contribution is 7.20. The average molecular weight is 459 g/mol. The van der Waals surface area contributed by atoms with Crippen molar-refractivity contribution in [3.63, 3.8) is 0 Å². The van der Waals surface area contributed by atoms with Crippen LogP contribution in [0.25, 0.3) is 10.2 Å². The van der Waals surface area contributed by atoms with E-state index < -0.39 is 0 Å². The number of nitrogens with zero attached hydrogens (tertiary/aromatic N) is 2. The Kier molecular flexibility index (Phi) is 6.26. The fourth-order valence-electron chi connectivity index (χ4n) is 4.16. The Labute approximate surface area is 197 Å². The Bertz CT molecular complexity index is 1230. The summed E-state index contributed by atoms with van der Waals surface area (Å²) in [5.74, 6) is 0.907. The third kappa shape index (κ3) is 5.01. The van der Waals surface area contributed by atoms with Crippen LogP contribution in [0.1, 0.15) is 34.3 Å². The molecule has 1 saturated heterocycles. The number of piperidine rings is 1. The predicted molar refractivity (Wildman–Crippen MR) is 131 cm³/mol. The molecule has 0 spiro atoms. The van der Waals surface area contributed by atoms with Crippen molar-refractivity contribution in [3.05, 3.63) is 89.5 Å². The Morgan fingerprint density at radius 2 is 1.73 bits per heavy atom. The molecule has 1 amide bonds. The molecule has 1 aliphatic heterocycles. The molecule has 6 heteroatoms. The van der Waals surface area contributed by atoms with Crippen LogP contribution in [0.3, 0.4) is 0 Å². The van der Waals surface area contributed by atoms with E-state index >= 15 is 0 Å². The molecule has 2 heterocycles. The molecule has 0 saturated carbocycles. The fraction of sp³-hybridized carbons (Fsp3) is 0.259. The molecule has 1 fully saturated rings. The molecule has 33 heavy (non-hydrogen) atoms. The maximum absolute atomic E-state index is 13.0. The zero-order chi connectivity index (χ0) is 22.6. The quantitative estimate of drug-likeness (QED) is 0.379. The van der Waals surface area contributed by atoms with Gasteiger partial charge >= 0.3 is 0 Å². The highest BCUT2D eigenvalue weighted by atomic mass is 32.1.